The summed E-state index contributed by atoms with van der Waals surface area (Å²) in [5, 5.41) is 5.62. The minimum atomic E-state index is -0.706. The standard InChI is InChI=1S/C28H26BrClF2N4O2/c1-28(2,3)27(38)33-14-15-5-10-20(30)18(25(15)32)12-24-35-22-11-19(21(31)13-23(22)36(24)4)26(37)34-17-8-6-16(29)7-9-17/h5-11,13H,12,14H2,1-4H3,(H,33,38)(H,34,37). The molecule has 0 unspecified atom stereocenters. The second-order valence-corrected chi connectivity index (χ2v) is 11.3. The molecule has 0 saturated heterocycles. The monoisotopic (exact) mass is 602 g/mol. The summed E-state index contributed by atoms with van der Waals surface area (Å²) >= 11 is 9.67. The molecule has 0 aliphatic carbocycles. The number of aromatic nitrogens is 2. The first kappa shape index (κ1) is 27.7. The highest BCUT2D eigenvalue weighted by Gasteiger charge is 2.23. The van der Waals surface area contributed by atoms with E-state index in [1.165, 1.54) is 18.2 Å². The van der Waals surface area contributed by atoms with Gasteiger partial charge in [0.05, 0.1) is 16.6 Å². The number of nitrogens with zero attached hydrogens (tertiary/aromatic N) is 2. The third-order valence-corrected chi connectivity index (χ3v) is 7.01. The molecule has 0 atom stereocenters. The van der Waals surface area contributed by atoms with Crippen LogP contribution < -0.4 is 10.6 Å². The van der Waals surface area contributed by atoms with E-state index in [0.717, 1.165) is 4.47 Å². The Bertz CT molecular complexity index is 1550. The van der Waals surface area contributed by atoms with Crippen molar-refractivity contribution >= 4 is 56.1 Å². The molecular formula is C28H26BrClF2N4O2. The summed E-state index contributed by atoms with van der Waals surface area (Å²) in [7, 11) is 1.69. The van der Waals surface area contributed by atoms with Crippen molar-refractivity contribution in [2.75, 3.05) is 5.32 Å². The van der Waals surface area contributed by atoms with Gasteiger partial charge in [-0.2, -0.15) is 0 Å². The molecule has 0 radical (unpaired) electrons. The Morgan fingerprint density at radius 3 is 2.42 bits per heavy atom. The van der Waals surface area contributed by atoms with Gasteiger partial charge in [0.1, 0.15) is 17.5 Å². The van der Waals surface area contributed by atoms with Gasteiger partial charge in [-0.15, -0.1) is 0 Å². The van der Waals surface area contributed by atoms with E-state index in [4.69, 9.17) is 11.6 Å². The van der Waals surface area contributed by atoms with Crippen molar-refractivity contribution in [3.63, 3.8) is 0 Å². The first-order valence-electron chi connectivity index (χ1n) is 11.8. The average Bonchev–Trinajstić information content (AvgIpc) is 3.15. The Hall–Kier alpha value is -3.30. The number of halogens is 4. The van der Waals surface area contributed by atoms with Crippen LogP contribution in [0.5, 0.6) is 0 Å². The first-order valence-corrected chi connectivity index (χ1v) is 13.0. The molecule has 0 aliphatic rings. The normalized spacial score (nSPS) is 11.6. The minimum absolute atomic E-state index is 0.0106. The van der Waals surface area contributed by atoms with Crippen LogP contribution in [0, 0.1) is 17.0 Å². The van der Waals surface area contributed by atoms with Crippen LogP contribution in [-0.2, 0) is 24.8 Å². The molecule has 0 aliphatic heterocycles. The van der Waals surface area contributed by atoms with E-state index in [0.29, 0.717) is 28.1 Å². The van der Waals surface area contributed by atoms with Crippen LogP contribution in [0.15, 0.2) is 53.0 Å². The van der Waals surface area contributed by atoms with Crippen LogP contribution in [-0.4, -0.2) is 21.4 Å². The molecule has 0 fully saturated rings. The van der Waals surface area contributed by atoms with Crippen LogP contribution in [0.25, 0.3) is 11.0 Å². The average molecular weight is 604 g/mol. The number of fused-ring (bicyclic) bond motifs is 1. The first-order chi connectivity index (χ1) is 17.8. The second kappa shape index (κ2) is 10.8. The number of aryl methyl sites for hydroxylation is 1. The largest absolute Gasteiger partial charge is 0.351 e. The van der Waals surface area contributed by atoms with Crippen molar-refractivity contribution in [1.29, 1.82) is 0 Å². The molecule has 1 aromatic heterocycles. The number of rotatable bonds is 6. The van der Waals surface area contributed by atoms with E-state index in [-0.39, 0.29) is 35.0 Å². The van der Waals surface area contributed by atoms with E-state index < -0.39 is 23.0 Å². The zero-order chi connectivity index (χ0) is 27.8. The van der Waals surface area contributed by atoms with Crippen molar-refractivity contribution in [2.24, 2.45) is 12.5 Å². The summed E-state index contributed by atoms with van der Waals surface area (Å²) in [6.07, 6.45) is 0.0267. The number of hydrogen-bond acceptors (Lipinski definition) is 3. The molecule has 2 amide bonds. The van der Waals surface area contributed by atoms with Gasteiger partial charge in [0.2, 0.25) is 5.91 Å². The van der Waals surface area contributed by atoms with Crippen LogP contribution in [0.4, 0.5) is 14.5 Å². The number of hydrogen-bond donors (Lipinski definition) is 2. The Kier molecular flexibility index (Phi) is 7.90. The Balaban J connectivity index is 1.61. The molecule has 38 heavy (non-hydrogen) atoms. The predicted octanol–water partition coefficient (Wildman–Crippen LogP) is 6.77. The lowest BCUT2D eigenvalue weighted by molar-refractivity contribution is -0.128. The SMILES string of the molecule is Cn1c(Cc2c(Cl)ccc(CNC(=O)C(C)(C)C)c2F)nc2cc(C(=O)Nc3ccc(Br)cc3)c(F)cc21. The highest BCUT2D eigenvalue weighted by Crippen LogP contribution is 2.28. The summed E-state index contributed by atoms with van der Waals surface area (Å²) in [6, 6.07) is 12.6. The second-order valence-electron chi connectivity index (χ2n) is 9.98. The van der Waals surface area contributed by atoms with Gasteiger partial charge in [-0.05, 0) is 36.4 Å². The van der Waals surface area contributed by atoms with Crippen LogP contribution in [0.2, 0.25) is 5.02 Å². The van der Waals surface area contributed by atoms with Gasteiger partial charge in [-0.3, -0.25) is 9.59 Å². The molecule has 4 rings (SSSR count). The van der Waals surface area contributed by atoms with E-state index in [1.807, 2.05) is 0 Å². The van der Waals surface area contributed by atoms with E-state index in [9.17, 15) is 14.0 Å². The molecule has 0 bridgehead atoms. The summed E-state index contributed by atoms with van der Waals surface area (Å²) in [5.41, 5.74) is 1.08. The fourth-order valence-electron chi connectivity index (χ4n) is 3.87. The van der Waals surface area contributed by atoms with Crippen molar-refractivity contribution < 1.29 is 18.4 Å². The number of nitrogens with one attached hydrogen (secondary N) is 2. The lowest BCUT2D eigenvalue weighted by Gasteiger charge is -2.18. The van der Waals surface area contributed by atoms with Crippen molar-refractivity contribution in [1.82, 2.24) is 14.9 Å². The summed E-state index contributed by atoms with van der Waals surface area (Å²) in [5.74, 6) is -1.63. The molecule has 0 saturated carbocycles. The fourth-order valence-corrected chi connectivity index (χ4v) is 4.35. The van der Waals surface area contributed by atoms with Gasteiger partial charge >= 0.3 is 0 Å². The lowest BCUT2D eigenvalue weighted by Crippen LogP contribution is -2.34. The van der Waals surface area contributed by atoms with Crippen molar-refractivity contribution in [2.45, 2.75) is 33.7 Å². The molecule has 6 nitrogen and oxygen atoms in total. The number of amides is 2. The molecule has 3 aromatic carbocycles. The Morgan fingerprint density at radius 1 is 1.08 bits per heavy atom. The maximum atomic E-state index is 15.4. The Morgan fingerprint density at radius 2 is 1.76 bits per heavy atom. The van der Waals surface area contributed by atoms with Gasteiger partial charge in [0.15, 0.2) is 0 Å². The van der Waals surface area contributed by atoms with Crippen molar-refractivity contribution in [3.8, 4) is 0 Å². The molecule has 198 valence electrons. The quantitative estimate of drug-likeness (QED) is 0.255. The lowest BCUT2D eigenvalue weighted by atomic mass is 9.95. The van der Waals surface area contributed by atoms with E-state index >= 15 is 4.39 Å². The summed E-state index contributed by atoms with van der Waals surface area (Å²) < 4.78 is 32.9. The smallest absolute Gasteiger partial charge is 0.258 e. The highest BCUT2D eigenvalue weighted by molar-refractivity contribution is 9.10. The van der Waals surface area contributed by atoms with Gasteiger partial charge in [0, 0.05) is 57.8 Å². The number of benzene rings is 3. The molecular weight excluding hydrogens is 578 g/mol. The number of carbonyl (C=O) groups excluding carboxylic acids is 2. The van der Waals surface area contributed by atoms with E-state index in [2.05, 4.69) is 31.5 Å². The molecule has 4 aromatic rings. The van der Waals surface area contributed by atoms with Gasteiger partial charge < -0.3 is 15.2 Å². The number of carbonyl (C=O) groups is 2. The molecule has 1 heterocycles. The minimum Gasteiger partial charge on any atom is -0.351 e. The number of anilines is 1. The Labute approximate surface area is 232 Å². The third-order valence-electron chi connectivity index (χ3n) is 6.13. The fraction of sp³-hybridized carbons (Fsp3) is 0.250. The molecule has 2 N–H and O–H groups in total. The predicted molar refractivity (Wildman–Crippen MR) is 148 cm³/mol. The zero-order valence-electron chi connectivity index (χ0n) is 21.3. The van der Waals surface area contributed by atoms with Crippen LogP contribution >= 0.6 is 27.5 Å². The maximum Gasteiger partial charge on any atom is 0.258 e. The van der Waals surface area contributed by atoms with E-state index in [1.54, 1.807) is 62.7 Å². The highest BCUT2D eigenvalue weighted by atomic mass is 79.9. The van der Waals surface area contributed by atoms with Crippen LogP contribution in [0.3, 0.4) is 0 Å². The molecule has 0 spiro atoms. The topological polar surface area (TPSA) is 76.0 Å². The number of imidazole rings is 1. The van der Waals surface area contributed by atoms with Gasteiger partial charge in [-0.1, -0.05) is 54.4 Å². The third kappa shape index (κ3) is 5.89. The molecule has 10 heteroatoms. The maximum absolute atomic E-state index is 15.4. The summed E-state index contributed by atoms with van der Waals surface area (Å²) in [4.78, 5) is 29.5. The van der Waals surface area contributed by atoms with Gasteiger partial charge in [0.25, 0.3) is 5.91 Å². The van der Waals surface area contributed by atoms with Crippen molar-refractivity contribution in [3.05, 3.63) is 92.2 Å². The van der Waals surface area contributed by atoms with Gasteiger partial charge in [-0.25, -0.2) is 13.8 Å². The summed E-state index contributed by atoms with van der Waals surface area (Å²) in [6.45, 7) is 5.33. The zero-order valence-corrected chi connectivity index (χ0v) is 23.6. The van der Waals surface area contributed by atoms with Crippen LogP contribution in [0.1, 0.15) is 48.1 Å².